The maximum absolute atomic E-state index is 12.8. The Labute approximate surface area is 225 Å². The molecule has 1 aliphatic rings. The minimum atomic E-state index is -1.07. The molecule has 0 radical (unpaired) electrons. The number of carbonyl (C=O) groups is 2. The van der Waals surface area contributed by atoms with E-state index in [-0.39, 0.29) is 36.3 Å². The molecule has 3 heterocycles. The van der Waals surface area contributed by atoms with Crippen LogP contribution in [-0.4, -0.2) is 66.9 Å². The summed E-state index contributed by atoms with van der Waals surface area (Å²) in [6, 6.07) is 11.8. The van der Waals surface area contributed by atoms with Crippen molar-refractivity contribution in [3.8, 4) is 5.75 Å². The molecule has 2 aromatic carbocycles. The van der Waals surface area contributed by atoms with Gasteiger partial charge in [-0.1, -0.05) is 12.1 Å². The summed E-state index contributed by atoms with van der Waals surface area (Å²) in [7, 11) is 1.93. The number of nitrogens with one attached hydrogen (secondary N) is 3. The first kappa shape index (κ1) is 26.0. The molecule has 0 saturated heterocycles. The molecule has 39 heavy (non-hydrogen) atoms. The number of imidazole rings is 2. The van der Waals surface area contributed by atoms with E-state index in [1.165, 1.54) is 6.07 Å². The van der Waals surface area contributed by atoms with Crippen LogP contribution >= 0.6 is 0 Å². The number of aryl methyl sites for hydroxylation is 1. The third-order valence-corrected chi connectivity index (χ3v) is 7.06. The Bertz CT molecular complexity index is 1570. The minimum absolute atomic E-state index is 0.0775. The number of carboxylic acid groups (broad SMARTS) is 1. The molecular weight excluding hydrogens is 498 g/mol. The van der Waals surface area contributed by atoms with Crippen LogP contribution in [-0.2, 0) is 20.0 Å². The van der Waals surface area contributed by atoms with E-state index in [1.807, 2.05) is 28.6 Å². The fraction of sp³-hybridized carbons (Fsp3) is 0.321. The van der Waals surface area contributed by atoms with E-state index in [1.54, 1.807) is 31.2 Å². The quantitative estimate of drug-likeness (QED) is 0.155. The highest BCUT2D eigenvalue weighted by atomic mass is 16.5. The molecule has 11 nitrogen and oxygen atoms in total. The smallest absolute Gasteiger partial charge is 0.339 e. The molecular formula is C28H31N7O4. The summed E-state index contributed by atoms with van der Waals surface area (Å²) in [4.78, 5) is 39.3. The van der Waals surface area contributed by atoms with Crippen LogP contribution in [0.5, 0.6) is 5.75 Å². The molecule has 0 fully saturated rings. The SMILES string of the molecule is CC(=N)N1CCc2nc(C(C)c3nc4ccc(C(=O)NCCOc5ccccc5C(=O)O)cc4n3C)[nH]c2C1. The summed E-state index contributed by atoms with van der Waals surface area (Å²) >= 11 is 0. The number of para-hydroxylation sites is 1. The number of fused-ring (bicyclic) bond motifs is 2. The van der Waals surface area contributed by atoms with Gasteiger partial charge in [0.1, 0.15) is 29.6 Å². The maximum atomic E-state index is 12.8. The third-order valence-electron chi connectivity index (χ3n) is 7.06. The first-order valence-electron chi connectivity index (χ1n) is 12.8. The number of amides is 1. The molecule has 1 atom stereocenters. The zero-order valence-electron chi connectivity index (χ0n) is 22.1. The predicted molar refractivity (Wildman–Crippen MR) is 146 cm³/mol. The summed E-state index contributed by atoms with van der Waals surface area (Å²) in [5, 5.41) is 20.0. The number of rotatable bonds is 8. The molecule has 2 aromatic heterocycles. The van der Waals surface area contributed by atoms with Gasteiger partial charge < -0.3 is 29.6 Å². The van der Waals surface area contributed by atoms with Crippen molar-refractivity contribution < 1.29 is 19.4 Å². The van der Waals surface area contributed by atoms with Crippen molar-refractivity contribution >= 4 is 28.7 Å². The summed E-state index contributed by atoms with van der Waals surface area (Å²) in [6.07, 6.45) is 0.799. The van der Waals surface area contributed by atoms with Gasteiger partial charge in [-0.05, 0) is 44.2 Å². The van der Waals surface area contributed by atoms with Gasteiger partial charge in [0.2, 0.25) is 0 Å². The fourth-order valence-corrected chi connectivity index (χ4v) is 4.86. The standard InChI is InChI=1S/C28H31N7O4/c1-16(25-31-20-10-12-35(17(2)29)15-22(20)32-25)26-33-21-9-8-18(14-23(21)34(26)3)27(36)30-11-13-39-24-7-5-4-6-19(24)28(37)38/h4-9,14,16,29H,10-13,15H2,1-3H3,(H,30,36)(H,31,32)(H,37,38). The summed E-state index contributed by atoms with van der Waals surface area (Å²) in [5.41, 5.74) is 4.27. The van der Waals surface area contributed by atoms with E-state index >= 15 is 0 Å². The average molecular weight is 530 g/mol. The lowest BCUT2D eigenvalue weighted by Crippen LogP contribution is -2.33. The summed E-state index contributed by atoms with van der Waals surface area (Å²) < 4.78 is 7.55. The topological polar surface area (TPSA) is 149 Å². The number of hydrogen-bond acceptors (Lipinski definition) is 6. The van der Waals surface area contributed by atoms with E-state index in [0.717, 1.165) is 47.0 Å². The van der Waals surface area contributed by atoms with Crippen molar-refractivity contribution in [2.45, 2.75) is 32.7 Å². The predicted octanol–water partition coefficient (Wildman–Crippen LogP) is 3.31. The number of benzene rings is 2. The third kappa shape index (κ3) is 5.20. The Morgan fingerprint density at radius 3 is 2.79 bits per heavy atom. The normalized spacial score (nSPS) is 13.7. The lowest BCUT2D eigenvalue weighted by atomic mass is 10.1. The largest absolute Gasteiger partial charge is 0.491 e. The first-order valence-corrected chi connectivity index (χ1v) is 12.8. The van der Waals surface area contributed by atoms with Crippen LogP contribution in [0.4, 0.5) is 0 Å². The van der Waals surface area contributed by atoms with Crippen molar-refractivity contribution in [1.82, 2.24) is 29.7 Å². The van der Waals surface area contributed by atoms with E-state index < -0.39 is 5.97 Å². The number of amidine groups is 1. The van der Waals surface area contributed by atoms with Crippen LogP contribution < -0.4 is 10.1 Å². The molecule has 0 saturated carbocycles. The highest BCUT2D eigenvalue weighted by Crippen LogP contribution is 2.28. The number of aromatic nitrogens is 4. The number of hydrogen-bond donors (Lipinski definition) is 4. The van der Waals surface area contributed by atoms with Gasteiger partial charge in [-0.15, -0.1) is 0 Å². The Morgan fingerprint density at radius 2 is 2.03 bits per heavy atom. The zero-order valence-corrected chi connectivity index (χ0v) is 22.1. The van der Waals surface area contributed by atoms with Gasteiger partial charge >= 0.3 is 5.97 Å². The van der Waals surface area contributed by atoms with Gasteiger partial charge in [0.25, 0.3) is 5.91 Å². The number of ether oxygens (including phenoxy) is 1. The van der Waals surface area contributed by atoms with E-state index in [9.17, 15) is 14.7 Å². The van der Waals surface area contributed by atoms with Gasteiger partial charge in [-0.2, -0.15) is 0 Å². The molecule has 4 aromatic rings. The van der Waals surface area contributed by atoms with Crippen LogP contribution in [0.3, 0.4) is 0 Å². The van der Waals surface area contributed by atoms with Crippen molar-refractivity contribution in [2.75, 3.05) is 19.7 Å². The highest BCUT2D eigenvalue weighted by Gasteiger charge is 2.25. The molecule has 0 bridgehead atoms. The van der Waals surface area contributed by atoms with Crippen LogP contribution in [0.15, 0.2) is 42.5 Å². The number of H-pyrrole nitrogens is 1. The van der Waals surface area contributed by atoms with Gasteiger partial charge in [0.15, 0.2) is 0 Å². The van der Waals surface area contributed by atoms with Crippen molar-refractivity contribution in [2.24, 2.45) is 7.05 Å². The number of carbonyl (C=O) groups excluding carboxylic acids is 1. The molecule has 1 amide bonds. The van der Waals surface area contributed by atoms with Crippen molar-refractivity contribution in [3.63, 3.8) is 0 Å². The van der Waals surface area contributed by atoms with Crippen molar-refractivity contribution in [1.29, 1.82) is 5.41 Å². The molecule has 4 N–H and O–H groups in total. The number of carboxylic acids is 1. The molecule has 1 unspecified atom stereocenters. The van der Waals surface area contributed by atoms with Gasteiger partial charge in [-0.25, -0.2) is 14.8 Å². The van der Waals surface area contributed by atoms with Gasteiger partial charge in [-0.3, -0.25) is 10.2 Å². The summed E-state index contributed by atoms with van der Waals surface area (Å²) in [6.45, 7) is 5.66. The number of nitrogens with zero attached hydrogens (tertiary/aromatic N) is 4. The lowest BCUT2D eigenvalue weighted by Gasteiger charge is -2.26. The second-order valence-electron chi connectivity index (χ2n) is 9.66. The van der Waals surface area contributed by atoms with Gasteiger partial charge in [0, 0.05) is 25.6 Å². The Kier molecular flexibility index (Phi) is 7.05. The monoisotopic (exact) mass is 529 g/mol. The highest BCUT2D eigenvalue weighted by molar-refractivity contribution is 5.97. The Balaban J connectivity index is 1.26. The van der Waals surface area contributed by atoms with Crippen LogP contribution in [0.25, 0.3) is 11.0 Å². The Hall–Kier alpha value is -4.67. The zero-order chi connectivity index (χ0) is 27.7. The second-order valence-corrected chi connectivity index (χ2v) is 9.66. The average Bonchev–Trinajstić information content (AvgIpc) is 3.51. The van der Waals surface area contributed by atoms with E-state index in [2.05, 4.69) is 17.2 Å². The maximum Gasteiger partial charge on any atom is 0.339 e. The minimum Gasteiger partial charge on any atom is -0.491 e. The second kappa shape index (κ2) is 10.6. The number of aromatic amines is 1. The van der Waals surface area contributed by atoms with E-state index in [4.69, 9.17) is 20.1 Å². The summed E-state index contributed by atoms with van der Waals surface area (Å²) in [5.74, 6) is 1.07. The molecule has 11 heteroatoms. The molecule has 0 aliphatic carbocycles. The van der Waals surface area contributed by atoms with Crippen LogP contribution in [0.2, 0.25) is 0 Å². The van der Waals surface area contributed by atoms with Crippen molar-refractivity contribution in [3.05, 3.63) is 76.6 Å². The number of aromatic carboxylic acids is 1. The molecule has 1 aliphatic heterocycles. The lowest BCUT2D eigenvalue weighted by molar-refractivity contribution is 0.0691. The molecule has 5 rings (SSSR count). The van der Waals surface area contributed by atoms with Crippen LogP contribution in [0, 0.1) is 5.41 Å². The molecule has 202 valence electrons. The van der Waals surface area contributed by atoms with Crippen LogP contribution in [0.1, 0.15) is 63.5 Å². The Morgan fingerprint density at radius 1 is 1.23 bits per heavy atom. The van der Waals surface area contributed by atoms with Gasteiger partial charge in [0.05, 0.1) is 47.3 Å². The fourth-order valence-electron chi connectivity index (χ4n) is 4.86. The van der Waals surface area contributed by atoms with E-state index in [0.29, 0.717) is 17.9 Å². The molecule has 0 spiro atoms. The first-order chi connectivity index (χ1) is 18.7.